The molecule has 1 N–H and O–H groups in total. The predicted molar refractivity (Wildman–Crippen MR) is 94.1 cm³/mol. The second-order valence-corrected chi connectivity index (χ2v) is 6.57. The second kappa shape index (κ2) is 7.62. The maximum absolute atomic E-state index is 13.5. The molecule has 12 heteroatoms. The van der Waals surface area contributed by atoms with Crippen molar-refractivity contribution < 1.29 is 22.4 Å². The van der Waals surface area contributed by atoms with Crippen LogP contribution >= 0.6 is 15.9 Å². The summed E-state index contributed by atoms with van der Waals surface area (Å²) in [6.07, 6.45) is -4.14. The van der Waals surface area contributed by atoms with Crippen molar-refractivity contribution in [3.05, 3.63) is 57.1 Å². The van der Waals surface area contributed by atoms with Gasteiger partial charge in [0, 0.05) is 9.86 Å². The van der Waals surface area contributed by atoms with Crippen LogP contribution in [0.3, 0.4) is 0 Å². The number of amides is 1. The van der Waals surface area contributed by atoms with Crippen LogP contribution in [0.1, 0.15) is 5.69 Å². The molecular formula is C16H10BrF4N5O2. The van der Waals surface area contributed by atoms with Crippen LogP contribution in [0.4, 0.5) is 23.4 Å². The highest BCUT2D eigenvalue weighted by atomic mass is 79.9. The maximum atomic E-state index is 13.5. The number of rotatable bonds is 4. The van der Waals surface area contributed by atoms with Crippen LogP contribution in [0, 0.1) is 5.82 Å². The number of anilines is 1. The van der Waals surface area contributed by atoms with Crippen molar-refractivity contribution in [1.82, 2.24) is 19.7 Å². The monoisotopic (exact) mass is 459 g/mol. The van der Waals surface area contributed by atoms with Gasteiger partial charge in [-0.1, -0.05) is 15.9 Å². The van der Waals surface area contributed by atoms with Crippen LogP contribution < -0.4 is 10.9 Å². The minimum absolute atomic E-state index is 0.0233. The fourth-order valence-electron chi connectivity index (χ4n) is 2.47. The lowest BCUT2D eigenvalue weighted by atomic mass is 10.1. The molecule has 3 aromatic rings. The van der Waals surface area contributed by atoms with E-state index in [-0.39, 0.29) is 10.8 Å². The van der Waals surface area contributed by atoms with E-state index in [0.29, 0.717) is 9.15 Å². The normalized spacial score (nSPS) is 11.6. The van der Waals surface area contributed by atoms with Crippen molar-refractivity contribution in [2.75, 3.05) is 5.32 Å². The average Bonchev–Trinajstić information content (AvgIpc) is 2.60. The third kappa shape index (κ3) is 4.50. The van der Waals surface area contributed by atoms with Crippen LogP contribution in [0.2, 0.25) is 0 Å². The summed E-state index contributed by atoms with van der Waals surface area (Å²) in [5.74, 6) is -2.22. The number of alkyl halides is 3. The molecule has 0 atom stereocenters. The van der Waals surface area contributed by atoms with Crippen LogP contribution in [-0.4, -0.2) is 31.8 Å². The Morgan fingerprint density at radius 1 is 1.25 bits per heavy atom. The van der Waals surface area contributed by atoms with Gasteiger partial charge in [0.25, 0.3) is 5.56 Å². The van der Waals surface area contributed by atoms with E-state index < -0.39 is 47.9 Å². The molecule has 2 heterocycles. The first-order valence-electron chi connectivity index (χ1n) is 7.65. The Balaban J connectivity index is 2.00. The molecule has 1 amide bonds. The van der Waals surface area contributed by atoms with E-state index in [1.165, 1.54) is 18.2 Å². The predicted octanol–water partition coefficient (Wildman–Crippen LogP) is 2.83. The molecule has 0 aliphatic carbocycles. The molecule has 0 radical (unpaired) electrons. The van der Waals surface area contributed by atoms with Gasteiger partial charge in [0.1, 0.15) is 12.9 Å². The van der Waals surface area contributed by atoms with E-state index in [2.05, 4.69) is 36.3 Å². The summed E-state index contributed by atoms with van der Waals surface area (Å²) in [5.41, 5.74) is -1.17. The molecule has 3 rings (SSSR count). The van der Waals surface area contributed by atoms with Crippen molar-refractivity contribution in [2.24, 2.45) is 0 Å². The lowest BCUT2D eigenvalue weighted by Crippen LogP contribution is -2.32. The quantitative estimate of drug-likeness (QED) is 0.605. The van der Waals surface area contributed by atoms with Crippen molar-refractivity contribution in [3.63, 3.8) is 0 Å². The number of nitrogens with one attached hydrogen (secondary N) is 1. The molecule has 0 saturated carbocycles. The Morgan fingerprint density at radius 2 is 2.00 bits per heavy atom. The molecule has 2 aromatic heterocycles. The van der Waals surface area contributed by atoms with Crippen molar-refractivity contribution >= 4 is 38.4 Å². The zero-order valence-electron chi connectivity index (χ0n) is 13.8. The lowest BCUT2D eigenvalue weighted by molar-refractivity contribution is -0.127. The van der Waals surface area contributed by atoms with Gasteiger partial charge in [0.05, 0.1) is 23.7 Å². The summed E-state index contributed by atoms with van der Waals surface area (Å²) in [4.78, 5) is 31.6. The standard InChI is InChI=1S/C16H10BrF4N5O2/c17-8-1-2-9-10(3-8)12(4-16(19,20)21)25-26(15(9)28)6-13(27)24-14-11(18)5-22-7-23-14/h1-3,5,7H,4,6H2,(H,22,23,24,27). The largest absolute Gasteiger partial charge is 0.394 e. The Labute approximate surface area is 162 Å². The molecule has 0 aliphatic rings. The zero-order valence-corrected chi connectivity index (χ0v) is 15.4. The summed E-state index contributed by atoms with van der Waals surface area (Å²) in [6.45, 7) is -0.723. The van der Waals surface area contributed by atoms with Gasteiger partial charge in [-0.3, -0.25) is 9.59 Å². The average molecular weight is 460 g/mol. The highest BCUT2D eigenvalue weighted by Crippen LogP contribution is 2.26. The second-order valence-electron chi connectivity index (χ2n) is 5.66. The number of aromatic nitrogens is 4. The van der Waals surface area contributed by atoms with E-state index in [9.17, 15) is 27.2 Å². The zero-order chi connectivity index (χ0) is 20.5. The van der Waals surface area contributed by atoms with E-state index in [1.54, 1.807) is 0 Å². The lowest BCUT2D eigenvalue weighted by Gasteiger charge is -2.13. The van der Waals surface area contributed by atoms with Gasteiger partial charge >= 0.3 is 6.18 Å². The third-order valence-electron chi connectivity index (χ3n) is 3.59. The van der Waals surface area contributed by atoms with Gasteiger partial charge in [-0.15, -0.1) is 0 Å². The molecule has 0 spiro atoms. The number of carbonyl (C=O) groups is 1. The van der Waals surface area contributed by atoms with Crippen molar-refractivity contribution in [1.29, 1.82) is 0 Å². The fraction of sp³-hybridized carbons (Fsp3) is 0.188. The molecule has 0 fully saturated rings. The Morgan fingerprint density at radius 3 is 2.68 bits per heavy atom. The number of hydrogen-bond donors (Lipinski definition) is 1. The smallest absolute Gasteiger partial charge is 0.307 e. The fourth-order valence-corrected chi connectivity index (χ4v) is 2.83. The van der Waals surface area contributed by atoms with Crippen molar-refractivity contribution in [2.45, 2.75) is 19.1 Å². The first kappa shape index (κ1) is 19.9. The number of fused-ring (bicyclic) bond motifs is 1. The molecule has 0 unspecified atom stereocenters. The number of carbonyl (C=O) groups excluding carboxylic acids is 1. The first-order valence-corrected chi connectivity index (χ1v) is 8.45. The summed E-state index contributed by atoms with van der Waals surface area (Å²) in [6, 6.07) is 4.18. The van der Waals surface area contributed by atoms with Gasteiger partial charge in [-0.25, -0.2) is 19.0 Å². The van der Waals surface area contributed by atoms with E-state index in [0.717, 1.165) is 12.5 Å². The molecule has 146 valence electrons. The number of halogens is 5. The Bertz CT molecular complexity index is 1120. The van der Waals surface area contributed by atoms with Crippen LogP contribution in [0.5, 0.6) is 0 Å². The van der Waals surface area contributed by atoms with Crippen LogP contribution in [0.25, 0.3) is 10.8 Å². The highest BCUT2D eigenvalue weighted by molar-refractivity contribution is 9.10. The first-order chi connectivity index (χ1) is 13.1. The van der Waals surface area contributed by atoms with Crippen molar-refractivity contribution in [3.8, 4) is 0 Å². The van der Waals surface area contributed by atoms with Gasteiger partial charge in [0.2, 0.25) is 5.91 Å². The van der Waals surface area contributed by atoms with Gasteiger partial charge in [0.15, 0.2) is 11.6 Å². The molecule has 0 bridgehead atoms. The maximum Gasteiger partial charge on any atom is 0.394 e. The minimum Gasteiger partial charge on any atom is -0.307 e. The molecule has 0 saturated heterocycles. The Hall–Kier alpha value is -2.89. The van der Waals surface area contributed by atoms with Gasteiger partial charge < -0.3 is 5.32 Å². The third-order valence-corrected chi connectivity index (χ3v) is 4.08. The van der Waals surface area contributed by atoms with E-state index in [1.807, 2.05) is 0 Å². The summed E-state index contributed by atoms with van der Waals surface area (Å²) >= 11 is 3.14. The Kier molecular flexibility index (Phi) is 5.40. The topological polar surface area (TPSA) is 89.8 Å². The highest BCUT2D eigenvalue weighted by Gasteiger charge is 2.30. The van der Waals surface area contributed by atoms with E-state index in [4.69, 9.17) is 0 Å². The number of hydrogen-bond acceptors (Lipinski definition) is 5. The van der Waals surface area contributed by atoms with Gasteiger partial charge in [-0.2, -0.15) is 18.3 Å². The summed E-state index contributed by atoms with van der Waals surface area (Å²) in [7, 11) is 0. The summed E-state index contributed by atoms with van der Waals surface area (Å²) < 4.78 is 53.4. The molecule has 7 nitrogen and oxygen atoms in total. The summed E-state index contributed by atoms with van der Waals surface area (Å²) in [5, 5.41) is 5.82. The number of benzene rings is 1. The minimum atomic E-state index is -4.57. The van der Waals surface area contributed by atoms with Crippen LogP contribution in [0.15, 0.2) is 40.0 Å². The number of nitrogens with zero attached hydrogens (tertiary/aromatic N) is 4. The molecular weight excluding hydrogens is 450 g/mol. The van der Waals surface area contributed by atoms with E-state index >= 15 is 0 Å². The van der Waals surface area contributed by atoms with Crippen LogP contribution in [-0.2, 0) is 17.8 Å². The van der Waals surface area contributed by atoms with Gasteiger partial charge in [-0.05, 0) is 18.2 Å². The molecule has 1 aromatic carbocycles. The SMILES string of the molecule is O=C(Cn1nc(CC(F)(F)F)c2cc(Br)ccc2c1=O)Nc1ncncc1F. The molecule has 28 heavy (non-hydrogen) atoms. The molecule has 0 aliphatic heterocycles.